The van der Waals surface area contributed by atoms with Gasteiger partial charge in [-0.3, -0.25) is 4.79 Å². The van der Waals surface area contributed by atoms with Gasteiger partial charge in [-0.15, -0.1) is 0 Å². The maximum atomic E-state index is 12.0. The van der Waals surface area contributed by atoms with Crippen LogP contribution >= 0.6 is 0 Å². The van der Waals surface area contributed by atoms with Crippen LogP contribution in [0.5, 0.6) is 11.5 Å². The number of hydrogen-bond acceptors (Lipinski definition) is 3. The molecule has 1 N–H and O–H groups in total. The van der Waals surface area contributed by atoms with Gasteiger partial charge >= 0.3 is 0 Å². The van der Waals surface area contributed by atoms with E-state index in [9.17, 15) is 4.79 Å². The van der Waals surface area contributed by atoms with Gasteiger partial charge in [0.15, 0.2) is 0 Å². The number of nitrogens with one attached hydrogen (secondary N) is 1. The van der Waals surface area contributed by atoms with E-state index in [1.165, 1.54) is 5.56 Å². The van der Waals surface area contributed by atoms with E-state index in [2.05, 4.69) is 26.1 Å². The number of hydrogen-bond donors (Lipinski definition) is 1. The van der Waals surface area contributed by atoms with Crippen LogP contribution in [0.15, 0.2) is 48.5 Å². The van der Waals surface area contributed by atoms with Crippen LogP contribution in [0.1, 0.15) is 32.8 Å². The molecule has 2 rings (SSSR count). The van der Waals surface area contributed by atoms with Crippen molar-refractivity contribution in [1.82, 2.24) is 0 Å². The lowest BCUT2D eigenvalue weighted by molar-refractivity contribution is -0.116. The van der Waals surface area contributed by atoms with E-state index in [0.717, 1.165) is 17.2 Å². The molecule has 0 aliphatic heterocycles. The standard InChI is InChI=1S/C20H25NO3/c1-20(2,3)15-5-7-16(8-6-15)21-19(22)13-14-24-18-11-9-17(23-4)10-12-18/h5-12H,13-14H2,1-4H3,(H,21,22). The molecule has 0 radical (unpaired) electrons. The molecule has 0 unspecified atom stereocenters. The number of carbonyl (C=O) groups excluding carboxylic acids is 1. The van der Waals surface area contributed by atoms with Gasteiger partial charge in [0.05, 0.1) is 20.1 Å². The first-order valence-corrected chi connectivity index (χ1v) is 8.06. The van der Waals surface area contributed by atoms with Gasteiger partial charge in [0, 0.05) is 5.69 Å². The minimum absolute atomic E-state index is 0.0629. The van der Waals surface area contributed by atoms with Gasteiger partial charge in [0.1, 0.15) is 11.5 Å². The number of methoxy groups -OCH3 is 1. The Morgan fingerprint density at radius 3 is 2.08 bits per heavy atom. The second-order valence-corrected chi connectivity index (χ2v) is 6.65. The highest BCUT2D eigenvalue weighted by atomic mass is 16.5. The average molecular weight is 327 g/mol. The molecule has 2 aromatic rings. The Kier molecular flexibility index (Phi) is 5.85. The molecule has 0 saturated carbocycles. The smallest absolute Gasteiger partial charge is 0.227 e. The van der Waals surface area contributed by atoms with Crippen LogP contribution in [0.2, 0.25) is 0 Å². The number of amides is 1. The van der Waals surface area contributed by atoms with Crippen molar-refractivity contribution in [3.63, 3.8) is 0 Å². The summed E-state index contributed by atoms with van der Waals surface area (Å²) in [6, 6.07) is 15.3. The molecule has 0 atom stereocenters. The van der Waals surface area contributed by atoms with Crippen molar-refractivity contribution in [3.05, 3.63) is 54.1 Å². The summed E-state index contributed by atoms with van der Waals surface area (Å²) in [7, 11) is 1.62. The third kappa shape index (κ3) is 5.30. The van der Waals surface area contributed by atoms with Gasteiger partial charge in [-0.1, -0.05) is 32.9 Å². The number of anilines is 1. The summed E-state index contributed by atoms with van der Waals surface area (Å²) in [5.74, 6) is 1.43. The molecular weight excluding hydrogens is 302 g/mol. The molecule has 1 amide bonds. The number of benzene rings is 2. The third-order valence-electron chi connectivity index (χ3n) is 3.69. The largest absolute Gasteiger partial charge is 0.497 e. The van der Waals surface area contributed by atoms with E-state index in [-0.39, 0.29) is 11.3 Å². The first kappa shape index (κ1) is 17.9. The third-order valence-corrected chi connectivity index (χ3v) is 3.69. The molecule has 0 aliphatic rings. The normalized spacial score (nSPS) is 11.0. The van der Waals surface area contributed by atoms with Crippen LogP contribution < -0.4 is 14.8 Å². The fraction of sp³-hybridized carbons (Fsp3) is 0.350. The highest BCUT2D eigenvalue weighted by molar-refractivity contribution is 5.90. The van der Waals surface area contributed by atoms with E-state index in [1.807, 2.05) is 48.5 Å². The zero-order valence-corrected chi connectivity index (χ0v) is 14.8. The van der Waals surface area contributed by atoms with Crippen molar-refractivity contribution in [2.75, 3.05) is 19.0 Å². The summed E-state index contributed by atoms with van der Waals surface area (Å²) in [5, 5.41) is 2.89. The quantitative estimate of drug-likeness (QED) is 0.855. The Labute approximate surface area is 143 Å². The summed E-state index contributed by atoms with van der Waals surface area (Å²) in [5.41, 5.74) is 2.15. The summed E-state index contributed by atoms with van der Waals surface area (Å²) in [6.07, 6.45) is 0.299. The number of rotatable bonds is 6. The molecule has 0 fully saturated rings. The van der Waals surface area contributed by atoms with E-state index in [0.29, 0.717) is 13.0 Å². The van der Waals surface area contributed by atoms with Gasteiger partial charge in [0.25, 0.3) is 0 Å². The molecule has 24 heavy (non-hydrogen) atoms. The van der Waals surface area contributed by atoms with Gasteiger partial charge in [0.2, 0.25) is 5.91 Å². The Morgan fingerprint density at radius 2 is 1.54 bits per heavy atom. The molecule has 0 aromatic heterocycles. The van der Waals surface area contributed by atoms with Crippen LogP contribution in [-0.2, 0) is 10.2 Å². The van der Waals surface area contributed by atoms with E-state index in [4.69, 9.17) is 9.47 Å². The molecule has 4 nitrogen and oxygen atoms in total. The minimum atomic E-state index is -0.0629. The molecule has 0 bridgehead atoms. The predicted molar refractivity (Wildman–Crippen MR) is 96.9 cm³/mol. The maximum Gasteiger partial charge on any atom is 0.227 e. The molecule has 0 spiro atoms. The van der Waals surface area contributed by atoms with Crippen LogP contribution in [-0.4, -0.2) is 19.6 Å². The Hall–Kier alpha value is -2.49. The highest BCUT2D eigenvalue weighted by Gasteiger charge is 2.13. The fourth-order valence-electron chi connectivity index (χ4n) is 2.21. The monoisotopic (exact) mass is 327 g/mol. The first-order chi connectivity index (χ1) is 11.4. The van der Waals surface area contributed by atoms with Gasteiger partial charge in [-0.2, -0.15) is 0 Å². The summed E-state index contributed by atoms with van der Waals surface area (Å²) in [6.45, 7) is 6.82. The molecule has 2 aromatic carbocycles. The van der Waals surface area contributed by atoms with E-state index >= 15 is 0 Å². The van der Waals surface area contributed by atoms with Gasteiger partial charge < -0.3 is 14.8 Å². The zero-order chi connectivity index (χ0) is 17.6. The maximum absolute atomic E-state index is 12.0. The SMILES string of the molecule is COc1ccc(OCCC(=O)Nc2ccc(C(C)(C)C)cc2)cc1. The average Bonchev–Trinajstić information content (AvgIpc) is 2.55. The highest BCUT2D eigenvalue weighted by Crippen LogP contribution is 2.23. The zero-order valence-electron chi connectivity index (χ0n) is 14.8. The Balaban J connectivity index is 1.78. The van der Waals surface area contributed by atoms with Crippen LogP contribution in [0.25, 0.3) is 0 Å². The molecule has 0 heterocycles. The lowest BCUT2D eigenvalue weighted by atomic mass is 9.87. The van der Waals surface area contributed by atoms with Crippen molar-refractivity contribution >= 4 is 11.6 Å². The van der Waals surface area contributed by atoms with Gasteiger partial charge in [-0.05, 0) is 47.4 Å². The lowest BCUT2D eigenvalue weighted by Crippen LogP contribution is -2.16. The second-order valence-electron chi connectivity index (χ2n) is 6.65. The summed E-state index contributed by atoms with van der Waals surface area (Å²) in [4.78, 5) is 12.0. The van der Waals surface area contributed by atoms with Crippen molar-refractivity contribution in [1.29, 1.82) is 0 Å². The minimum Gasteiger partial charge on any atom is -0.497 e. The molecular formula is C20H25NO3. The second kappa shape index (κ2) is 7.86. The topological polar surface area (TPSA) is 47.6 Å². The van der Waals surface area contributed by atoms with Crippen LogP contribution in [0, 0.1) is 0 Å². The van der Waals surface area contributed by atoms with Crippen molar-refractivity contribution in [2.45, 2.75) is 32.6 Å². The molecule has 128 valence electrons. The lowest BCUT2D eigenvalue weighted by Gasteiger charge is -2.19. The fourth-order valence-corrected chi connectivity index (χ4v) is 2.21. The number of ether oxygens (including phenoxy) is 2. The summed E-state index contributed by atoms with van der Waals surface area (Å²) < 4.78 is 10.6. The van der Waals surface area contributed by atoms with Crippen molar-refractivity contribution < 1.29 is 14.3 Å². The molecule has 4 heteroatoms. The van der Waals surface area contributed by atoms with Crippen molar-refractivity contribution in [2.24, 2.45) is 0 Å². The molecule has 0 saturated heterocycles. The van der Waals surface area contributed by atoms with Gasteiger partial charge in [-0.25, -0.2) is 0 Å². The number of carbonyl (C=O) groups is 1. The first-order valence-electron chi connectivity index (χ1n) is 8.06. The predicted octanol–water partition coefficient (Wildman–Crippen LogP) is 4.40. The van der Waals surface area contributed by atoms with Crippen LogP contribution in [0.4, 0.5) is 5.69 Å². The molecule has 0 aliphatic carbocycles. The summed E-state index contributed by atoms with van der Waals surface area (Å²) >= 11 is 0. The van der Waals surface area contributed by atoms with E-state index < -0.39 is 0 Å². The van der Waals surface area contributed by atoms with Crippen molar-refractivity contribution in [3.8, 4) is 11.5 Å². The Morgan fingerprint density at radius 1 is 0.958 bits per heavy atom. The Bertz CT molecular complexity index is 655. The van der Waals surface area contributed by atoms with E-state index in [1.54, 1.807) is 7.11 Å². The van der Waals surface area contributed by atoms with Crippen LogP contribution in [0.3, 0.4) is 0 Å².